The molecule has 1 aliphatic carbocycles. The standard InChI is InChI=1S/C8H13NO2/c10-7(11)8-4-1-2-6(8)3-5-9-8/h6,9H,1-5H2,(H,10,11). The number of hydrogen-bond donors (Lipinski definition) is 2. The highest BCUT2D eigenvalue weighted by Gasteiger charge is 2.51. The molecule has 0 aromatic carbocycles. The summed E-state index contributed by atoms with van der Waals surface area (Å²) < 4.78 is 0. The summed E-state index contributed by atoms with van der Waals surface area (Å²) in [4.78, 5) is 10.9. The Balaban J connectivity index is 2.26. The molecule has 62 valence electrons. The lowest BCUT2D eigenvalue weighted by Gasteiger charge is -2.23. The first-order valence-corrected chi connectivity index (χ1v) is 4.24. The van der Waals surface area contributed by atoms with Gasteiger partial charge in [0.15, 0.2) is 0 Å². The third kappa shape index (κ3) is 0.805. The van der Waals surface area contributed by atoms with Gasteiger partial charge < -0.3 is 10.4 Å². The molecule has 2 rings (SSSR count). The first-order valence-electron chi connectivity index (χ1n) is 4.24. The van der Waals surface area contributed by atoms with Crippen molar-refractivity contribution in [2.24, 2.45) is 5.92 Å². The number of hydrogen-bond acceptors (Lipinski definition) is 2. The van der Waals surface area contributed by atoms with Gasteiger partial charge >= 0.3 is 5.97 Å². The fourth-order valence-corrected chi connectivity index (χ4v) is 2.53. The fourth-order valence-electron chi connectivity index (χ4n) is 2.53. The molecule has 0 aromatic heterocycles. The van der Waals surface area contributed by atoms with E-state index in [0.29, 0.717) is 5.92 Å². The van der Waals surface area contributed by atoms with Gasteiger partial charge in [-0.25, -0.2) is 0 Å². The summed E-state index contributed by atoms with van der Waals surface area (Å²) in [6, 6.07) is 0. The van der Waals surface area contributed by atoms with Gasteiger partial charge in [-0.15, -0.1) is 0 Å². The molecule has 3 heteroatoms. The van der Waals surface area contributed by atoms with Crippen LogP contribution in [-0.4, -0.2) is 23.2 Å². The Morgan fingerprint density at radius 2 is 2.36 bits per heavy atom. The lowest BCUT2D eigenvalue weighted by atomic mass is 9.89. The second-order valence-electron chi connectivity index (χ2n) is 3.58. The number of nitrogens with one attached hydrogen (secondary N) is 1. The van der Waals surface area contributed by atoms with E-state index in [1.165, 1.54) is 0 Å². The number of carbonyl (C=O) groups is 1. The number of carboxylic acid groups (broad SMARTS) is 1. The zero-order valence-corrected chi connectivity index (χ0v) is 6.47. The van der Waals surface area contributed by atoms with E-state index >= 15 is 0 Å². The SMILES string of the molecule is O=C(O)C12CCCC1CCN2. The molecule has 2 aliphatic rings. The molecular weight excluding hydrogens is 142 g/mol. The third-order valence-electron chi connectivity index (χ3n) is 3.14. The first-order chi connectivity index (χ1) is 5.26. The zero-order chi connectivity index (χ0) is 7.90. The average Bonchev–Trinajstić information content (AvgIpc) is 2.40. The smallest absolute Gasteiger partial charge is 0.324 e. The molecule has 2 N–H and O–H groups in total. The van der Waals surface area contributed by atoms with Gasteiger partial charge in [-0.1, -0.05) is 6.42 Å². The van der Waals surface area contributed by atoms with Crippen LogP contribution in [0.5, 0.6) is 0 Å². The van der Waals surface area contributed by atoms with Crippen molar-refractivity contribution in [2.75, 3.05) is 6.54 Å². The Morgan fingerprint density at radius 3 is 3.00 bits per heavy atom. The maximum atomic E-state index is 10.9. The van der Waals surface area contributed by atoms with Crippen molar-refractivity contribution in [1.29, 1.82) is 0 Å². The van der Waals surface area contributed by atoms with Crippen molar-refractivity contribution in [3.05, 3.63) is 0 Å². The number of aliphatic carboxylic acids is 1. The van der Waals surface area contributed by atoms with E-state index in [1.54, 1.807) is 0 Å². The molecule has 1 heterocycles. The van der Waals surface area contributed by atoms with Crippen molar-refractivity contribution < 1.29 is 9.90 Å². The summed E-state index contributed by atoms with van der Waals surface area (Å²) >= 11 is 0. The Bertz CT molecular complexity index is 181. The van der Waals surface area contributed by atoms with Crippen molar-refractivity contribution in [2.45, 2.75) is 31.2 Å². The summed E-state index contributed by atoms with van der Waals surface area (Å²) in [6.45, 7) is 0.886. The van der Waals surface area contributed by atoms with E-state index in [9.17, 15) is 4.79 Å². The normalized spacial score (nSPS) is 42.4. The molecule has 0 aromatic rings. The van der Waals surface area contributed by atoms with Crippen molar-refractivity contribution in [1.82, 2.24) is 5.32 Å². The number of fused-ring (bicyclic) bond motifs is 1. The van der Waals surface area contributed by atoms with E-state index < -0.39 is 11.5 Å². The van der Waals surface area contributed by atoms with Crippen LogP contribution in [0.1, 0.15) is 25.7 Å². The topological polar surface area (TPSA) is 49.3 Å². The Hall–Kier alpha value is -0.570. The molecule has 11 heavy (non-hydrogen) atoms. The molecule has 1 saturated carbocycles. The molecule has 2 atom stereocenters. The van der Waals surface area contributed by atoms with E-state index in [4.69, 9.17) is 5.11 Å². The fraction of sp³-hybridized carbons (Fsp3) is 0.875. The summed E-state index contributed by atoms with van der Waals surface area (Å²) in [6.07, 6.45) is 4.04. The average molecular weight is 155 g/mol. The highest BCUT2D eigenvalue weighted by molar-refractivity contribution is 5.80. The molecule has 3 nitrogen and oxygen atoms in total. The van der Waals surface area contributed by atoms with Crippen LogP contribution in [-0.2, 0) is 4.79 Å². The summed E-state index contributed by atoms with van der Waals surface area (Å²) in [5.41, 5.74) is -0.528. The van der Waals surface area contributed by atoms with Gasteiger partial charge in [0.2, 0.25) is 0 Å². The Labute approximate surface area is 65.8 Å². The Morgan fingerprint density at radius 1 is 1.55 bits per heavy atom. The number of carboxylic acids is 1. The maximum absolute atomic E-state index is 10.9. The quantitative estimate of drug-likeness (QED) is 0.583. The second kappa shape index (κ2) is 2.21. The predicted octanol–water partition coefficient (Wildman–Crippen LogP) is 0.603. The molecule has 0 amide bonds. The monoisotopic (exact) mass is 155 g/mol. The molecule has 0 bridgehead atoms. The summed E-state index contributed by atoms with van der Waals surface area (Å²) in [5, 5.41) is 12.1. The summed E-state index contributed by atoms with van der Waals surface area (Å²) in [5.74, 6) is -0.238. The van der Waals surface area contributed by atoms with Gasteiger partial charge in [0, 0.05) is 0 Å². The molecule has 0 radical (unpaired) electrons. The van der Waals surface area contributed by atoms with Crippen LogP contribution in [0.4, 0.5) is 0 Å². The third-order valence-corrected chi connectivity index (χ3v) is 3.14. The van der Waals surface area contributed by atoms with Crippen molar-refractivity contribution in [3.8, 4) is 0 Å². The van der Waals surface area contributed by atoms with Crippen molar-refractivity contribution >= 4 is 5.97 Å². The lowest BCUT2D eigenvalue weighted by Crippen LogP contribution is -2.49. The predicted molar refractivity (Wildman–Crippen MR) is 40.3 cm³/mol. The molecule has 2 unspecified atom stereocenters. The van der Waals surface area contributed by atoms with Crippen LogP contribution in [0.25, 0.3) is 0 Å². The highest BCUT2D eigenvalue weighted by atomic mass is 16.4. The highest BCUT2D eigenvalue weighted by Crippen LogP contribution is 2.41. The minimum Gasteiger partial charge on any atom is -0.480 e. The van der Waals surface area contributed by atoms with Crippen LogP contribution in [0.3, 0.4) is 0 Å². The minimum absolute atomic E-state index is 0.403. The van der Waals surface area contributed by atoms with Crippen LogP contribution >= 0.6 is 0 Å². The first kappa shape index (κ1) is 7.10. The van der Waals surface area contributed by atoms with Gasteiger partial charge in [-0.2, -0.15) is 0 Å². The van der Waals surface area contributed by atoms with Crippen LogP contribution in [0.15, 0.2) is 0 Å². The Kier molecular flexibility index (Phi) is 1.42. The van der Waals surface area contributed by atoms with Crippen LogP contribution in [0.2, 0.25) is 0 Å². The van der Waals surface area contributed by atoms with Gasteiger partial charge in [0.25, 0.3) is 0 Å². The minimum atomic E-state index is -0.641. The molecule has 1 aliphatic heterocycles. The van der Waals surface area contributed by atoms with E-state index in [2.05, 4.69) is 5.32 Å². The van der Waals surface area contributed by atoms with Gasteiger partial charge in [0.1, 0.15) is 5.54 Å². The van der Waals surface area contributed by atoms with Gasteiger partial charge in [-0.3, -0.25) is 4.79 Å². The summed E-state index contributed by atoms with van der Waals surface area (Å²) in [7, 11) is 0. The molecule has 1 saturated heterocycles. The van der Waals surface area contributed by atoms with Crippen LogP contribution in [0, 0.1) is 5.92 Å². The largest absolute Gasteiger partial charge is 0.480 e. The van der Waals surface area contributed by atoms with E-state index in [-0.39, 0.29) is 0 Å². The molecule has 2 fully saturated rings. The van der Waals surface area contributed by atoms with Crippen molar-refractivity contribution in [3.63, 3.8) is 0 Å². The molecule has 0 spiro atoms. The van der Waals surface area contributed by atoms with E-state index in [0.717, 1.165) is 32.2 Å². The maximum Gasteiger partial charge on any atom is 0.324 e. The second-order valence-corrected chi connectivity index (χ2v) is 3.58. The van der Waals surface area contributed by atoms with Gasteiger partial charge in [0.05, 0.1) is 0 Å². The van der Waals surface area contributed by atoms with E-state index in [1.807, 2.05) is 0 Å². The van der Waals surface area contributed by atoms with Crippen LogP contribution < -0.4 is 5.32 Å². The zero-order valence-electron chi connectivity index (χ0n) is 6.47. The van der Waals surface area contributed by atoms with Gasteiger partial charge in [-0.05, 0) is 31.7 Å². The molecular formula is C8H13NO2. The number of rotatable bonds is 1. The lowest BCUT2D eigenvalue weighted by molar-refractivity contribution is -0.145.